The summed E-state index contributed by atoms with van der Waals surface area (Å²) in [7, 11) is 7.61. The Bertz CT molecular complexity index is 944. The first-order valence-electron chi connectivity index (χ1n) is 9.19. The van der Waals surface area contributed by atoms with Crippen LogP contribution in [-0.4, -0.2) is 34.8 Å². The molecule has 0 saturated heterocycles. The minimum Gasteiger partial charge on any atom is -0.492 e. The summed E-state index contributed by atoms with van der Waals surface area (Å²) in [6.07, 6.45) is 1.42. The van der Waals surface area contributed by atoms with Gasteiger partial charge in [0.05, 0.1) is 35.7 Å². The molecule has 3 aromatic heterocycles. The smallest absolute Gasteiger partial charge is 0.180 e. The van der Waals surface area contributed by atoms with Crippen LogP contribution in [0.1, 0.15) is 18.1 Å². The van der Waals surface area contributed by atoms with Crippen molar-refractivity contribution in [2.24, 2.45) is 0 Å². The van der Waals surface area contributed by atoms with Gasteiger partial charge in [-0.2, -0.15) is 0 Å². The van der Waals surface area contributed by atoms with Gasteiger partial charge in [-0.3, -0.25) is 0 Å². The highest BCUT2D eigenvalue weighted by Crippen LogP contribution is 2.52. The molecule has 0 fully saturated rings. The van der Waals surface area contributed by atoms with Gasteiger partial charge in [0.2, 0.25) is 0 Å². The zero-order valence-electron chi connectivity index (χ0n) is 15.9. The quantitative estimate of drug-likeness (QED) is 0.431. The molecule has 4 rings (SSSR count). The molecule has 0 N–H and O–H groups in total. The van der Waals surface area contributed by atoms with E-state index in [0.29, 0.717) is 32.7 Å². The summed E-state index contributed by atoms with van der Waals surface area (Å²) >= 11 is 5.13. The molecule has 4 nitrogen and oxygen atoms in total. The van der Waals surface area contributed by atoms with Crippen LogP contribution in [0.2, 0.25) is 6.32 Å². The Morgan fingerprint density at radius 2 is 1.89 bits per heavy atom. The van der Waals surface area contributed by atoms with E-state index in [-0.39, 0.29) is 0 Å². The molecular formula is C20H21BO4S3. The van der Waals surface area contributed by atoms with Crippen LogP contribution >= 0.6 is 34.0 Å². The van der Waals surface area contributed by atoms with E-state index >= 15 is 0 Å². The maximum absolute atomic E-state index is 5.98. The summed E-state index contributed by atoms with van der Waals surface area (Å²) in [6.45, 7) is 4.36. The van der Waals surface area contributed by atoms with Crippen LogP contribution in [0.25, 0.3) is 19.5 Å². The Labute approximate surface area is 178 Å². The number of thiophene rings is 3. The van der Waals surface area contributed by atoms with Crippen molar-refractivity contribution in [1.82, 2.24) is 0 Å². The van der Waals surface area contributed by atoms with Crippen molar-refractivity contribution in [3.8, 4) is 36.8 Å². The van der Waals surface area contributed by atoms with E-state index in [4.69, 9.17) is 26.8 Å². The normalized spacial score (nSPS) is 13.1. The monoisotopic (exact) mass is 432 g/mol. The van der Waals surface area contributed by atoms with Gasteiger partial charge in [0.1, 0.15) is 19.0 Å². The van der Waals surface area contributed by atoms with Gasteiger partial charge >= 0.3 is 0 Å². The minimum atomic E-state index is 0.545. The molecule has 0 aromatic carbocycles. The highest BCUT2D eigenvalue weighted by atomic mass is 32.1. The van der Waals surface area contributed by atoms with Gasteiger partial charge in [0.25, 0.3) is 0 Å². The molecule has 4 heterocycles. The number of rotatable bonds is 8. The Kier molecular flexibility index (Phi) is 6.30. The van der Waals surface area contributed by atoms with Crippen LogP contribution in [0, 0.1) is 0 Å². The van der Waals surface area contributed by atoms with E-state index in [1.165, 1.54) is 15.3 Å². The molecule has 0 bridgehead atoms. The highest BCUT2D eigenvalue weighted by molar-refractivity contribution is 7.26. The third-order valence-corrected chi connectivity index (χ3v) is 7.83. The lowest BCUT2D eigenvalue weighted by molar-refractivity contribution is 0.174. The minimum absolute atomic E-state index is 0.545. The fraction of sp³-hybridized carbons (Fsp3) is 0.400. The van der Waals surface area contributed by atoms with Gasteiger partial charge in [0.15, 0.2) is 11.5 Å². The fourth-order valence-electron chi connectivity index (χ4n) is 3.20. The number of aryl methyl sites for hydroxylation is 1. The summed E-state index contributed by atoms with van der Waals surface area (Å²) in [5.41, 5.74) is 2.33. The van der Waals surface area contributed by atoms with Crippen molar-refractivity contribution in [2.75, 3.05) is 26.9 Å². The third kappa shape index (κ3) is 3.71. The van der Waals surface area contributed by atoms with E-state index in [9.17, 15) is 0 Å². The molecule has 28 heavy (non-hydrogen) atoms. The average molecular weight is 432 g/mol. The molecule has 3 aromatic rings. The Hall–Kier alpha value is -1.48. The van der Waals surface area contributed by atoms with Crippen LogP contribution in [-0.2, 0) is 17.8 Å². The van der Waals surface area contributed by atoms with Gasteiger partial charge in [-0.05, 0) is 25.0 Å². The molecule has 146 valence electrons. The summed E-state index contributed by atoms with van der Waals surface area (Å²) in [4.78, 5) is 4.67. The number of hydrogen-bond acceptors (Lipinski definition) is 7. The maximum atomic E-state index is 5.98. The third-order valence-electron chi connectivity index (χ3n) is 4.36. The molecule has 8 heteroatoms. The topological polar surface area (TPSA) is 36.9 Å². The number of ether oxygens (including phenoxy) is 4. The van der Waals surface area contributed by atoms with Crippen molar-refractivity contribution in [1.29, 1.82) is 0 Å². The predicted octanol–water partition coefficient (Wildman–Crippen LogP) is 5.65. The molecule has 0 spiro atoms. The first-order valence-corrected chi connectivity index (χ1v) is 11.8. The molecule has 1 aliphatic rings. The molecular weight excluding hydrogens is 411 g/mol. The van der Waals surface area contributed by atoms with Crippen molar-refractivity contribution >= 4 is 41.9 Å². The average Bonchev–Trinajstić information content (AvgIpc) is 3.40. The summed E-state index contributed by atoms with van der Waals surface area (Å²) < 4.78 is 23.0. The molecule has 0 unspecified atom stereocenters. The second-order valence-corrected chi connectivity index (χ2v) is 9.06. The lowest BCUT2D eigenvalue weighted by Crippen LogP contribution is -2.14. The second-order valence-electron chi connectivity index (χ2n) is 6.24. The predicted molar refractivity (Wildman–Crippen MR) is 118 cm³/mol. The van der Waals surface area contributed by atoms with E-state index in [2.05, 4.69) is 11.4 Å². The van der Waals surface area contributed by atoms with Crippen LogP contribution in [0.3, 0.4) is 0 Å². The number of fused-ring (bicyclic) bond motifs is 1. The zero-order chi connectivity index (χ0) is 19.5. The van der Waals surface area contributed by atoms with Crippen molar-refractivity contribution in [3.63, 3.8) is 0 Å². The van der Waals surface area contributed by atoms with E-state index < -0.39 is 0 Å². The van der Waals surface area contributed by atoms with Gasteiger partial charge in [0, 0.05) is 28.3 Å². The van der Waals surface area contributed by atoms with Crippen LogP contribution in [0.5, 0.6) is 17.2 Å². The highest BCUT2D eigenvalue weighted by Gasteiger charge is 2.25. The van der Waals surface area contributed by atoms with Crippen LogP contribution in [0.4, 0.5) is 0 Å². The summed E-state index contributed by atoms with van der Waals surface area (Å²) in [5.74, 6) is 2.63. The zero-order valence-corrected chi connectivity index (χ0v) is 18.4. The van der Waals surface area contributed by atoms with Crippen LogP contribution < -0.4 is 14.2 Å². The first-order chi connectivity index (χ1) is 13.8. The second kappa shape index (κ2) is 8.90. The van der Waals surface area contributed by atoms with E-state index in [1.807, 2.05) is 12.3 Å². The summed E-state index contributed by atoms with van der Waals surface area (Å²) in [5, 5.41) is 4.15. The van der Waals surface area contributed by atoms with Crippen LogP contribution in [0.15, 0.2) is 16.8 Å². The molecule has 0 aliphatic carbocycles. The molecule has 2 radical (unpaired) electrons. The maximum Gasteiger partial charge on any atom is 0.180 e. The molecule has 0 amide bonds. The summed E-state index contributed by atoms with van der Waals surface area (Å²) in [6, 6.07) is 2.24. The number of hydrogen-bond donors (Lipinski definition) is 0. The van der Waals surface area contributed by atoms with Gasteiger partial charge in [-0.15, -0.1) is 34.0 Å². The van der Waals surface area contributed by atoms with E-state index in [1.54, 1.807) is 41.1 Å². The first kappa shape index (κ1) is 19.8. The van der Waals surface area contributed by atoms with Gasteiger partial charge in [-0.25, -0.2) is 0 Å². The molecule has 0 saturated carbocycles. The molecule has 0 atom stereocenters. The largest absolute Gasteiger partial charge is 0.492 e. The van der Waals surface area contributed by atoms with Gasteiger partial charge < -0.3 is 18.9 Å². The standard InChI is InChI=1S/C20H21BO4S3/c1-3-23-16-13(9-22-2)10-26-19(16)15-8-12(4-5-21)18(28-15)20-17-14(11-27-20)24-6-7-25-17/h8,10-11H,3-7,9H2,1-2H3. The molecule has 1 aliphatic heterocycles. The lowest BCUT2D eigenvalue weighted by Gasteiger charge is -2.16. The Balaban J connectivity index is 1.78. The Morgan fingerprint density at radius 1 is 1.07 bits per heavy atom. The number of methoxy groups -OCH3 is 1. The fourth-order valence-corrected chi connectivity index (χ4v) is 6.64. The van der Waals surface area contributed by atoms with Crippen molar-refractivity contribution in [3.05, 3.63) is 28.0 Å². The SMILES string of the molecule is [B]CCc1cc(-c2scc(COC)c2OCC)sc1-c1scc2c1OCCO2. The van der Waals surface area contributed by atoms with E-state index in [0.717, 1.165) is 39.0 Å². The van der Waals surface area contributed by atoms with Crippen molar-refractivity contribution in [2.45, 2.75) is 26.3 Å². The Morgan fingerprint density at radius 3 is 2.68 bits per heavy atom. The van der Waals surface area contributed by atoms with Gasteiger partial charge in [-0.1, -0.05) is 6.32 Å². The van der Waals surface area contributed by atoms with Crippen molar-refractivity contribution < 1.29 is 18.9 Å². The lowest BCUT2D eigenvalue weighted by atomic mass is 9.97.